The first kappa shape index (κ1) is 15.9. The summed E-state index contributed by atoms with van der Waals surface area (Å²) in [4.78, 5) is 8.62. The highest BCUT2D eigenvalue weighted by molar-refractivity contribution is 5.07. The standard InChI is InChI=1S/C15H27N3O/c1-14(2,3)7-8-19-13-11-16-12(9-17-13)10-18-15(4,5)6/h9,11,18H,7-8,10H2,1-6H3. The lowest BCUT2D eigenvalue weighted by atomic mass is 9.93. The second kappa shape index (κ2) is 6.33. The number of nitrogens with one attached hydrogen (secondary N) is 1. The van der Waals surface area contributed by atoms with Gasteiger partial charge < -0.3 is 10.1 Å². The molecule has 4 heteroatoms. The Morgan fingerprint density at radius 3 is 2.21 bits per heavy atom. The fourth-order valence-electron chi connectivity index (χ4n) is 1.33. The van der Waals surface area contributed by atoms with Gasteiger partial charge in [-0.25, -0.2) is 4.98 Å². The van der Waals surface area contributed by atoms with E-state index in [2.05, 4.69) is 56.8 Å². The molecule has 0 bridgehead atoms. The van der Waals surface area contributed by atoms with Gasteiger partial charge in [0.25, 0.3) is 0 Å². The van der Waals surface area contributed by atoms with Gasteiger partial charge in [0.05, 0.1) is 24.7 Å². The summed E-state index contributed by atoms with van der Waals surface area (Å²) < 4.78 is 5.59. The smallest absolute Gasteiger partial charge is 0.232 e. The minimum atomic E-state index is 0.0869. The zero-order valence-corrected chi connectivity index (χ0v) is 13.1. The van der Waals surface area contributed by atoms with Gasteiger partial charge >= 0.3 is 0 Å². The summed E-state index contributed by atoms with van der Waals surface area (Å²) in [6.07, 6.45) is 4.47. The summed E-state index contributed by atoms with van der Waals surface area (Å²) in [6, 6.07) is 0. The van der Waals surface area contributed by atoms with Crippen molar-refractivity contribution in [3.63, 3.8) is 0 Å². The molecule has 0 aromatic carbocycles. The van der Waals surface area contributed by atoms with Crippen molar-refractivity contribution in [2.24, 2.45) is 5.41 Å². The molecule has 0 amide bonds. The first-order valence-electron chi connectivity index (χ1n) is 6.84. The highest BCUT2D eigenvalue weighted by atomic mass is 16.5. The van der Waals surface area contributed by atoms with Gasteiger partial charge in [-0.3, -0.25) is 4.98 Å². The molecule has 0 saturated heterocycles. The lowest BCUT2D eigenvalue weighted by Crippen LogP contribution is -2.35. The Hall–Kier alpha value is -1.16. The van der Waals surface area contributed by atoms with E-state index in [1.54, 1.807) is 12.4 Å². The van der Waals surface area contributed by atoms with Crippen LogP contribution in [0.2, 0.25) is 0 Å². The normalized spacial score (nSPS) is 12.5. The van der Waals surface area contributed by atoms with E-state index >= 15 is 0 Å². The van der Waals surface area contributed by atoms with Crippen LogP contribution in [0, 0.1) is 5.41 Å². The molecule has 0 aliphatic rings. The fourth-order valence-corrected chi connectivity index (χ4v) is 1.33. The molecule has 1 aromatic heterocycles. The van der Waals surface area contributed by atoms with Gasteiger partial charge in [-0.2, -0.15) is 0 Å². The van der Waals surface area contributed by atoms with Gasteiger partial charge in [0, 0.05) is 12.1 Å². The summed E-state index contributed by atoms with van der Waals surface area (Å²) >= 11 is 0. The third kappa shape index (κ3) is 7.78. The quantitative estimate of drug-likeness (QED) is 0.888. The molecule has 1 heterocycles. The topological polar surface area (TPSA) is 47.0 Å². The Morgan fingerprint density at radius 2 is 1.74 bits per heavy atom. The first-order valence-corrected chi connectivity index (χ1v) is 6.84. The van der Waals surface area contributed by atoms with E-state index in [0.29, 0.717) is 12.5 Å². The van der Waals surface area contributed by atoms with E-state index in [-0.39, 0.29) is 11.0 Å². The lowest BCUT2D eigenvalue weighted by molar-refractivity contribution is 0.235. The van der Waals surface area contributed by atoms with E-state index in [4.69, 9.17) is 4.74 Å². The van der Waals surface area contributed by atoms with Crippen LogP contribution in [0.15, 0.2) is 12.4 Å². The Balaban J connectivity index is 2.39. The average molecular weight is 265 g/mol. The average Bonchev–Trinajstić information content (AvgIpc) is 2.25. The monoisotopic (exact) mass is 265 g/mol. The molecule has 0 aliphatic carbocycles. The Bertz CT molecular complexity index is 374. The van der Waals surface area contributed by atoms with Crippen molar-refractivity contribution < 1.29 is 4.74 Å². The van der Waals surface area contributed by atoms with Crippen molar-refractivity contribution in [1.29, 1.82) is 0 Å². The van der Waals surface area contributed by atoms with Gasteiger partial charge in [-0.1, -0.05) is 20.8 Å². The van der Waals surface area contributed by atoms with Crippen LogP contribution >= 0.6 is 0 Å². The van der Waals surface area contributed by atoms with E-state index in [9.17, 15) is 0 Å². The minimum Gasteiger partial charge on any atom is -0.477 e. The maximum Gasteiger partial charge on any atom is 0.232 e. The Morgan fingerprint density at radius 1 is 1.05 bits per heavy atom. The van der Waals surface area contributed by atoms with Crippen LogP contribution in [0.1, 0.15) is 53.7 Å². The first-order chi connectivity index (χ1) is 8.66. The van der Waals surface area contributed by atoms with Crippen molar-refractivity contribution in [2.75, 3.05) is 6.61 Å². The predicted octanol–water partition coefficient (Wildman–Crippen LogP) is 3.18. The van der Waals surface area contributed by atoms with Gasteiger partial charge in [-0.05, 0) is 32.6 Å². The summed E-state index contributed by atoms with van der Waals surface area (Å²) in [7, 11) is 0. The number of hydrogen-bond donors (Lipinski definition) is 1. The highest BCUT2D eigenvalue weighted by Crippen LogP contribution is 2.18. The molecule has 0 aliphatic heterocycles. The van der Waals surface area contributed by atoms with Crippen molar-refractivity contribution in [3.8, 4) is 5.88 Å². The molecule has 0 radical (unpaired) electrons. The van der Waals surface area contributed by atoms with Crippen molar-refractivity contribution >= 4 is 0 Å². The lowest BCUT2D eigenvalue weighted by Gasteiger charge is -2.20. The van der Waals surface area contributed by atoms with Gasteiger partial charge in [0.2, 0.25) is 5.88 Å². The molecule has 0 fully saturated rings. The summed E-state index contributed by atoms with van der Waals surface area (Å²) in [6.45, 7) is 14.4. The molecule has 0 saturated carbocycles. The Labute approximate surface area is 117 Å². The summed E-state index contributed by atoms with van der Waals surface area (Å²) in [5.41, 5.74) is 1.30. The Kier molecular flexibility index (Phi) is 5.29. The molecular formula is C15H27N3O. The fraction of sp³-hybridized carbons (Fsp3) is 0.733. The highest BCUT2D eigenvalue weighted by Gasteiger charge is 2.11. The zero-order chi connectivity index (χ0) is 14.5. The SMILES string of the molecule is CC(C)(C)CCOc1cnc(CNC(C)(C)C)cn1. The van der Waals surface area contributed by atoms with Gasteiger partial charge in [0.1, 0.15) is 0 Å². The molecule has 4 nitrogen and oxygen atoms in total. The van der Waals surface area contributed by atoms with Crippen molar-refractivity contribution in [2.45, 2.75) is 60.0 Å². The number of aromatic nitrogens is 2. The molecule has 1 rings (SSSR count). The van der Waals surface area contributed by atoms with Crippen LogP contribution < -0.4 is 10.1 Å². The number of nitrogens with zero attached hydrogens (tertiary/aromatic N) is 2. The second-order valence-corrected chi connectivity index (χ2v) is 7.11. The molecule has 0 unspecified atom stereocenters. The molecule has 1 aromatic rings. The van der Waals surface area contributed by atoms with E-state index < -0.39 is 0 Å². The van der Waals surface area contributed by atoms with Crippen LogP contribution in [-0.4, -0.2) is 22.1 Å². The number of rotatable bonds is 5. The van der Waals surface area contributed by atoms with Gasteiger partial charge in [0.15, 0.2) is 0 Å². The van der Waals surface area contributed by atoms with Gasteiger partial charge in [-0.15, -0.1) is 0 Å². The molecular weight excluding hydrogens is 238 g/mol. The van der Waals surface area contributed by atoms with Crippen LogP contribution in [0.25, 0.3) is 0 Å². The van der Waals surface area contributed by atoms with Crippen LogP contribution in [0.4, 0.5) is 0 Å². The van der Waals surface area contributed by atoms with E-state index in [1.807, 2.05) is 0 Å². The van der Waals surface area contributed by atoms with E-state index in [1.165, 1.54) is 0 Å². The zero-order valence-electron chi connectivity index (χ0n) is 13.1. The summed E-state index contributed by atoms with van der Waals surface area (Å²) in [5.74, 6) is 0.601. The summed E-state index contributed by atoms with van der Waals surface area (Å²) in [5, 5.41) is 3.38. The minimum absolute atomic E-state index is 0.0869. The van der Waals surface area contributed by atoms with Crippen LogP contribution in [-0.2, 0) is 6.54 Å². The van der Waals surface area contributed by atoms with Crippen molar-refractivity contribution in [1.82, 2.24) is 15.3 Å². The maximum absolute atomic E-state index is 5.59. The molecule has 19 heavy (non-hydrogen) atoms. The van der Waals surface area contributed by atoms with Crippen LogP contribution in [0.3, 0.4) is 0 Å². The van der Waals surface area contributed by atoms with Crippen molar-refractivity contribution in [3.05, 3.63) is 18.1 Å². The predicted molar refractivity (Wildman–Crippen MR) is 78.2 cm³/mol. The number of hydrogen-bond acceptors (Lipinski definition) is 4. The van der Waals surface area contributed by atoms with E-state index in [0.717, 1.165) is 18.7 Å². The molecule has 1 N–H and O–H groups in total. The molecule has 0 spiro atoms. The molecule has 108 valence electrons. The van der Waals surface area contributed by atoms with Crippen LogP contribution in [0.5, 0.6) is 5.88 Å². The maximum atomic E-state index is 5.59. The second-order valence-electron chi connectivity index (χ2n) is 7.11. The molecule has 0 atom stereocenters. The largest absolute Gasteiger partial charge is 0.477 e. The third-order valence-electron chi connectivity index (χ3n) is 2.58. The third-order valence-corrected chi connectivity index (χ3v) is 2.58. The number of ether oxygens (including phenoxy) is 1.